The molecular formula is C23H44O4. The predicted octanol–water partition coefficient (Wildman–Crippen LogP) is 6.60. The van der Waals surface area contributed by atoms with Crippen LogP contribution < -0.4 is 0 Å². The summed E-state index contributed by atoms with van der Waals surface area (Å²) in [5.74, 6) is 0.305. The lowest BCUT2D eigenvalue weighted by atomic mass is 10.1. The molecule has 0 fully saturated rings. The Bertz CT molecular complexity index is 354. The van der Waals surface area contributed by atoms with E-state index in [0.717, 1.165) is 25.7 Å². The maximum absolute atomic E-state index is 11.7. The highest BCUT2D eigenvalue weighted by molar-refractivity contribution is 5.70. The first-order valence-electron chi connectivity index (χ1n) is 11.4. The third kappa shape index (κ3) is 19.5. The third-order valence-electron chi connectivity index (χ3n) is 5.09. The van der Waals surface area contributed by atoms with Crippen molar-refractivity contribution < 1.29 is 19.1 Å². The second kappa shape index (κ2) is 19.7. The maximum Gasteiger partial charge on any atom is 0.305 e. The third-order valence-corrected chi connectivity index (χ3v) is 5.09. The molecule has 1 atom stereocenters. The molecule has 0 radical (unpaired) electrons. The van der Waals surface area contributed by atoms with E-state index in [2.05, 4.69) is 20.8 Å². The molecule has 4 nitrogen and oxygen atoms in total. The summed E-state index contributed by atoms with van der Waals surface area (Å²) in [6.07, 6.45) is 15.6. The van der Waals surface area contributed by atoms with Crippen molar-refractivity contribution in [2.24, 2.45) is 5.92 Å². The molecule has 0 aromatic carbocycles. The van der Waals surface area contributed by atoms with Gasteiger partial charge in [-0.3, -0.25) is 9.59 Å². The zero-order valence-corrected chi connectivity index (χ0v) is 18.2. The first-order chi connectivity index (χ1) is 13.1. The lowest BCUT2D eigenvalue weighted by molar-refractivity contribution is -0.146. The number of carbonyl (C=O) groups excluding carboxylic acids is 2. The van der Waals surface area contributed by atoms with E-state index in [0.29, 0.717) is 44.8 Å². The van der Waals surface area contributed by atoms with Crippen LogP contribution in [-0.4, -0.2) is 25.2 Å². The van der Waals surface area contributed by atoms with E-state index in [-0.39, 0.29) is 11.9 Å². The standard InChI is InChI=1S/C23H44O4/c1-4-6-7-8-9-10-11-12-15-19-26-22(24)16-13-14-17-23(25)27-20-18-21(3)5-2/h21H,4-20H2,1-3H3. The summed E-state index contributed by atoms with van der Waals surface area (Å²) in [6, 6.07) is 0. The smallest absolute Gasteiger partial charge is 0.305 e. The van der Waals surface area contributed by atoms with Gasteiger partial charge in [-0.05, 0) is 31.6 Å². The highest BCUT2D eigenvalue weighted by Gasteiger charge is 2.07. The summed E-state index contributed by atoms with van der Waals surface area (Å²) < 4.78 is 10.5. The highest BCUT2D eigenvalue weighted by atomic mass is 16.5. The molecule has 0 rings (SSSR count). The van der Waals surface area contributed by atoms with Gasteiger partial charge in [0.2, 0.25) is 0 Å². The first kappa shape index (κ1) is 25.9. The van der Waals surface area contributed by atoms with Crippen molar-refractivity contribution in [2.45, 2.75) is 117 Å². The highest BCUT2D eigenvalue weighted by Crippen LogP contribution is 2.10. The molecule has 0 saturated carbocycles. The molecule has 0 aliphatic carbocycles. The van der Waals surface area contributed by atoms with Gasteiger partial charge in [0.15, 0.2) is 0 Å². The van der Waals surface area contributed by atoms with Crippen LogP contribution in [0.5, 0.6) is 0 Å². The predicted molar refractivity (Wildman–Crippen MR) is 112 cm³/mol. The van der Waals surface area contributed by atoms with Gasteiger partial charge in [0, 0.05) is 12.8 Å². The molecule has 0 saturated heterocycles. The van der Waals surface area contributed by atoms with Gasteiger partial charge >= 0.3 is 11.9 Å². The molecule has 0 bridgehead atoms. The molecule has 0 aliphatic heterocycles. The molecule has 0 N–H and O–H groups in total. The molecule has 0 aliphatic rings. The van der Waals surface area contributed by atoms with Crippen LogP contribution >= 0.6 is 0 Å². The Morgan fingerprint density at radius 2 is 1.15 bits per heavy atom. The number of hydrogen-bond donors (Lipinski definition) is 0. The van der Waals surface area contributed by atoms with Gasteiger partial charge in [0.05, 0.1) is 13.2 Å². The number of hydrogen-bond acceptors (Lipinski definition) is 4. The van der Waals surface area contributed by atoms with E-state index >= 15 is 0 Å². The lowest BCUT2D eigenvalue weighted by Crippen LogP contribution is -2.09. The molecule has 0 aromatic rings. The molecule has 27 heavy (non-hydrogen) atoms. The van der Waals surface area contributed by atoms with Crippen LogP contribution in [0, 0.1) is 5.92 Å². The van der Waals surface area contributed by atoms with Gasteiger partial charge in [-0.25, -0.2) is 0 Å². The van der Waals surface area contributed by atoms with Crippen LogP contribution in [0.1, 0.15) is 117 Å². The van der Waals surface area contributed by atoms with Gasteiger partial charge in [-0.2, -0.15) is 0 Å². The van der Waals surface area contributed by atoms with E-state index in [1.807, 2.05) is 0 Å². The van der Waals surface area contributed by atoms with Crippen LogP contribution in [0.25, 0.3) is 0 Å². The summed E-state index contributed by atoms with van der Waals surface area (Å²) in [5.41, 5.74) is 0. The van der Waals surface area contributed by atoms with Gasteiger partial charge in [-0.15, -0.1) is 0 Å². The summed E-state index contributed by atoms with van der Waals surface area (Å²) >= 11 is 0. The second-order valence-electron chi connectivity index (χ2n) is 7.78. The van der Waals surface area contributed by atoms with Gasteiger partial charge in [0.1, 0.15) is 0 Å². The van der Waals surface area contributed by atoms with Crippen LogP contribution in [0.15, 0.2) is 0 Å². The average molecular weight is 385 g/mol. The number of ether oxygens (including phenoxy) is 2. The number of esters is 2. The topological polar surface area (TPSA) is 52.6 Å². The van der Waals surface area contributed by atoms with Crippen molar-refractivity contribution in [1.29, 1.82) is 0 Å². The summed E-state index contributed by atoms with van der Waals surface area (Å²) in [7, 11) is 0. The maximum atomic E-state index is 11.7. The second-order valence-corrected chi connectivity index (χ2v) is 7.78. The molecule has 0 spiro atoms. The van der Waals surface area contributed by atoms with Crippen molar-refractivity contribution in [2.75, 3.05) is 13.2 Å². The molecular weight excluding hydrogens is 340 g/mol. The van der Waals surface area contributed by atoms with Crippen LogP contribution in [0.2, 0.25) is 0 Å². The van der Waals surface area contributed by atoms with Crippen molar-refractivity contribution in [1.82, 2.24) is 0 Å². The number of rotatable bonds is 19. The number of carbonyl (C=O) groups is 2. The SMILES string of the molecule is CCCCCCCCCCCOC(=O)CCCCC(=O)OCCC(C)CC. The summed E-state index contributed by atoms with van der Waals surface area (Å²) in [5, 5.41) is 0. The Kier molecular flexibility index (Phi) is 18.9. The van der Waals surface area contributed by atoms with Crippen molar-refractivity contribution in [3.8, 4) is 0 Å². The Morgan fingerprint density at radius 1 is 0.667 bits per heavy atom. The fraction of sp³-hybridized carbons (Fsp3) is 0.913. The summed E-state index contributed by atoms with van der Waals surface area (Å²) in [4.78, 5) is 23.3. The van der Waals surface area contributed by atoms with Crippen LogP contribution in [0.3, 0.4) is 0 Å². The van der Waals surface area contributed by atoms with E-state index in [4.69, 9.17) is 9.47 Å². The molecule has 0 heterocycles. The fourth-order valence-corrected chi connectivity index (χ4v) is 2.86. The Hall–Kier alpha value is -1.06. The minimum Gasteiger partial charge on any atom is -0.466 e. The molecule has 1 unspecified atom stereocenters. The zero-order chi connectivity index (χ0) is 20.2. The zero-order valence-electron chi connectivity index (χ0n) is 18.2. The molecule has 0 amide bonds. The van der Waals surface area contributed by atoms with E-state index < -0.39 is 0 Å². The van der Waals surface area contributed by atoms with Crippen LogP contribution in [-0.2, 0) is 19.1 Å². The van der Waals surface area contributed by atoms with E-state index in [9.17, 15) is 9.59 Å². The molecule has 4 heteroatoms. The Labute approximate surface area is 167 Å². The quantitative estimate of drug-likeness (QED) is 0.186. The first-order valence-corrected chi connectivity index (χ1v) is 11.4. The van der Waals surface area contributed by atoms with E-state index in [1.165, 1.54) is 44.9 Å². The molecule has 160 valence electrons. The van der Waals surface area contributed by atoms with Crippen molar-refractivity contribution in [3.05, 3.63) is 0 Å². The minimum absolute atomic E-state index is 0.139. The fourth-order valence-electron chi connectivity index (χ4n) is 2.86. The Balaban J connectivity index is 3.33. The van der Waals surface area contributed by atoms with Gasteiger partial charge in [-0.1, -0.05) is 78.6 Å². The number of unbranched alkanes of at least 4 members (excludes halogenated alkanes) is 9. The van der Waals surface area contributed by atoms with Crippen LogP contribution in [0.4, 0.5) is 0 Å². The monoisotopic (exact) mass is 384 g/mol. The normalized spacial score (nSPS) is 12.0. The van der Waals surface area contributed by atoms with E-state index in [1.54, 1.807) is 0 Å². The Morgan fingerprint density at radius 3 is 1.67 bits per heavy atom. The van der Waals surface area contributed by atoms with Crippen molar-refractivity contribution >= 4 is 11.9 Å². The largest absolute Gasteiger partial charge is 0.466 e. The summed E-state index contributed by atoms with van der Waals surface area (Å²) in [6.45, 7) is 7.58. The van der Waals surface area contributed by atoms with Crippen molar-refractivity contribution in [3.63, 3.8) is 0 Å². The lowest BCUT2D eigenvalue weighted by Gasteiger charge is -2.09. The minimum atomic E-state index is -0.152. The average Bonchev–Trinajstić information content (AvgIpc) is 2.66. The van der Waals surface area contributed by atoms with Gasteiger partial charge in [0.25, 0.3) is 0 Å². The molecule has 0 aromatic heterocycles. The van der Waals surface area contributed by atoms with Gasteiger partial charge < -0.3 is 9.47 Å².